The number of aliphatic hydroxyl groups is 1. The minimum absolute atomic E-state index is 0.0803. The lowest BCUT2D eigenvalue weighted by Crippen LogP contribution is -2.50. The summed E-state index contributed by atoms with van der Waals surface area (Å²) in [6, 6.07) is 5.67. The van der Waals surface area contributed by atoms with Crippen molar-refractivity contribution in [3.05, 3.63) is 41.5 Å². The number of rotatable bonds is 5. The normalized spacial score (nSPS) is 39.1. The summed E-state index contributed by atoms with van der Waals surface area (Å²) in [4.78, 5) is 13.5. The molecule has 0 bridgehead atoms. The lowest BCUT2D eigenvalue weighted by Gasteiger charge is -2.57. The molecule has 34 heavy (non-hydrogen) atoms. The van der Waals surface area contributed by atoms with Crippen LogP contribution in [0.1, 0.15) is 70.8 Å². The standard InChI is InChI=1S/C30H40O4/c1-29-15-13-21(31)18-20(29)6-8-23-24-9-10-26(30(24,2)16-14-25(23)29)27(32)11-5-19-17-22(33-3)7-12-28(19)34-4/h5-7,11-12,17,21,23-26,31H,8-10,13-16,18H2,1-4H3/b11-5+. The van der Waals surface area contributed by atoms with Crippen molar-refractivity contribution in [3.63, 3.8) is 0 Å². The summed E-state index contributed by atoms with van der Waals surface area (Å²) >= 11 is 0. The largest absolute Gasteiger partial charge is 0.497 e. The van der Waals surface area contributed by atoms with E-state index in [1.165, 1.54) is 12.0 Å². The molecular weight excluding hydrogens is 424 g/mol. The van der Waals surface area contributed by atoms with Gasteiger partial charge in [0, 0.05) is 11.5 Å². The first-order chi connectivity index (χ1) is 16.3. The Bertz CT molecular complexity index is 1010. The first kappa shape index (κ1) is 23.7. The molecular formula is C30H40O4. The SMILES string of the molecule is COc1ccc(OC)c(/C=C/C(=O)C2CCC3C4CC=C5CC(O)CCC5(C)C4CCC23C)c1. The van der Waals surface area contributed by atoms with E-state index in [0.29, 0.717) is 17.8 Å². The molecule has 4 nitrogen and oxygen atoms in total. The monoisotopic (exact) mass is 464 g/mol. The predicted octanol–water partition coefficient (Wildman–Crippen LogP) is 6.23. The van der Waals surface area contributed by atoms with Gasteiger partial charge < -0.3 is 14.6 Å². The molecule has 0 aromatic heterocycles. The fraction of sp³-hybridized carbons (Fsp3) is 0.633. The fourth-order valence-electron chi connectivity index (χ4n) is 8.37. The van der Waals surface area contributed by atoms with Crippen molar-refractivity contribution in [2.45, 2.75) is 71.3 Å². The van der Waals surface area contributed by atoms with E-state index in [1.807, 2.05) is 24.3 Å². The van der Waals surface area contributed by atoms with Crippen LogP contribution in [0.3, 0.4) is 0 Å². The molecule has 3 saturated carbocycles. The minimum atomic E-state index is -0.159. The van der Waals surface area contributed by atoms with E-state index < -0.39 is 0 Å². The maximum absolute atomic E-state index is 13.5. The second-order valence-electron chi connectivity index (χ2n) is 11.7. The van der Waals surface area contributed by atoms with Crippen molar-refractivity contribution in [2.24, 2.45) is 34.5 Å². The minimum Gasteiger partial charge on any atom is -0.497 e. The Morgan fingerprint density at radius 3 is 2.65 bits per heavy atom. The van der Waals surface area contributed by atoms with Crippen LogP contribution in [-0.2, 0) is 4.79 Å². The van der Waals surface area contributed by atoms with E-state index in [2.05, 4.69) is 19.9 Å². The maximum atomic E-state index is 13.5. The van der Waals surface area contributed by atoms with E-state index in [9.17, 15) is 9.90 Å². The number of benzene rings is 1. The van der Waals surface area contributed by atoms with Gasteiger partial charge in [0.25, 0.3) is 0 Å². The van der Waals surface area contributed by atoms with Crippen LogP contribution in [0.5, 0.6) is 11.5 Å². The van der Waals surface area contributed by atoms with Gasteiger partial charge in [0.1, 0.15) is 11.5 Å². The molecule has 0 radical (unpaired) electrons. The molecule has 5 rings (SSSR count). The van der Waals surface area contributed by atoms with Crippen molar-refractivity contribution >= 4 is 11.9 Å². The summed E-state index contributed by atoms with van der Waals surface area (Å²) in [7, 11) is 3.30. The molecule has 4 heteroatoms. The number of ketones is 1. The summed E-state index contributed by atoms with van der Waals surface area (Å²) in [5, 5.41) is 10.2. The van der Waals surface area contributed by atoms with Gasteiger partial charge in [-0.3, -0.25) is 4.79 Å². The number of methoxy groups -OCH3 is 2. The first-order valence-corrected chi connectivity index (χ1v) is 13.1. The van der Waals surface area contributed by atoms with Crippen LogP contribution in [0.2, 0.25) is 0 Å². The highest BCUT2D eigenvalue weighted by atomic mass is 16.5. The highest BCUT2D eigenvalue weighted by molar-refractivity contribution is 5.96. The van der Waals surface area contributed by atoms with Gasteiger partial charge >= 0.3 is 0 Å². The Morgan fingerprint density at radius 1 is 1.06 bits per heavy atom. The van der Waals surface area contributed by atoms with Crippen molar-refractivity contribution in [1.82, 2.24) is 0 Å². The van der Waals surface area contributed by atoms with Crippen molar-refractivity contribution in [1.29, 1.82) is 0 Å². The summed E-state index contributed by atoms with van der Waals surface area (Å²) in [6.45, 7) is 4.86. The molecule has 184 valence electrons. The average Bonchev–Trinajstić information content (AvgIpc) is 3.20. The number of fused-ring (bicyclic) bond motifs is 5. The van der Waals surface area contributed by atoms with E-state index in [1.54, 1.807) is 20.3 Å². The lowest BCUT2D eigenvalue weighted by atomic mass is 9.47. The van der Waals surface area contributed by atoms with E-state index in [4.69, 9.17) is 9.47 Å². The molecule has 4 aliphatic carbocycles. The van der Waals surface area contributed by atoms with Crippen LogP contribution in [-0.4, -0.2) is 31.2 Å². The Labute approximate surface area is 204 Å². The Hall–Kier alpha value is -2.07. The molecule has 0 spiro atoms. The highest BCUT2D eigenvalue weighted by Gasteiger charge is 2.59. The lowest BCUT2D eigenvalue weighted by molar-refractivity contribution is -0.124. The second-order valence-corrected chi connectivity index (χ2v) is 11.7. The van der Waals surface area contributed by atoms with Crippen LogP contribution in [0.25, 0.3) is 6.08 Å². The third kappa shape index (κ3) is 3.73. The summed E-state index contributed by atoms with van der Waals surface area (Å²) in [6.07, 6.45) is 14.5. The Morgan fingerprint density at radius 2 is 1.88 bits per heavy atom. The van der Waals surface area contributed by atoms with Crippen LogP contribution < -0.4 is 9.47 Å². The summed E-state index contributed by atoms with van der Waals surface area (Å²) in [5.41, 5.74) is 2.71. The van der Waals surface area contributed by atoms with Crippen LogP contribution in [0.4, 0.5) is 0 Å². The molecule has 0 amide bonds. The van der Waals surface area contributed by atoms with Gasteiger partial charge in [0.15, 0.2) is 5.78 Å². The molecule has 0 heterocycles. The predicted molar refractivity (Wildman–Crippen MR) is 135 cm³/mol. The zero-order valence-electron chi connectivity index (χ0n) is 21.2. The quantitative estimate of drug-likeness (QED) is 0.415. The number of hydrogen-bond acceptors (Lipinski definition) is 4. The Kier molecular flexibility index (Phi) is 6.16. The number of ether oxygens (including phenoxy) is 2. The smallest absolute Gasteiger partial charge is 0.159 e. The van der Waals surface area contributed by atoms with Crippen molar-refractivity contribution in [3.8, 4) is 11.5 Å². The maximum Gasteiger partial charge on any atom is 0.159 e. The van der Waals surface area contributed by atoms with Gasteiger partial charge in [-0.15, -0.1) is 0 Å². The number of allylic oxidation sites excluding steroid dienone is 2. The number of carbonyl (C=O) groups excluding carboxylic acids is 1. The van der Waals surface area contributed by atoms with Gasteiger partial charge in [-0.05, 0) is 110 Å². The fourth-order valence-corrected chi connectivity index (χ4v) is 8.37. The molecule has 3 fully saturated rings. The van der Waals surface area contributed by atoms with Gasteiger partial charge in [-0.2, -0.15) is 0 Å². The number of carbonyl (C=O) groups is 1. The molecule has 0 saturated heterocycles. The average molecular weight is 465 g/mol. The van der Waals surface area contributed by atoms with Crippen molar-refractivity contribution in [2.75, 3.05) is 14.2 Å². The molecule has 7 atom stereocenters. The van der Waals surface area contributed by atoms with Gasteiger partial charge in [0.05, 0.1) is 20.3 Å². The first-order valence-electron chi connectivity index (χ1n) is 13.1. The molecule has 1 aromatic rings. The number of aliphatic hydroxyl groups excluding tert-OH is 1. The van der Waals surface area contributed by atoms with Gasteiger partial charge in [0.2, 0.25) is 0 Å². The number of hydrogen-bond donors (Lipinski definition) is 1. The summed E-state index contributed by atoms with van der Waals surface area (Å²) in [5.74, 6) is 3.84. The zero-order chi connectivity index (χ0) is 24.1. The van der Waals surface area contributed by atoms with E-state index in [-0.39, 0.29) is 28.6 Å². The molecule has 7 unspecified atom stereocenters. The van der Waals surface area contributed by atoms with E-state index in [0.717, 1.165) is 62.0 Å². The molecule has 1 aromatic carbocycles. The van der Waals surface area contributed by atoms with Gasteiger partial charge in [-0.25, -0.2) is 0 Å². The third-order valence-electron chi connectivity index (χ3n) is 10.3. The summed E-state index contributed by atoms with van der Waals surface area (Å²) < 4.78 is 10.8. The van der Waals surface area contributed by atoms with Crippen LogP contribution in [0.15, 0.2) is 35.9 Å². The molecule has 4 aliphatic rings. The van der Waals surface area contributed by atoms with Gasteiger partial charge in [-0.1, -0.05) is 25.5 Å². The van der Waals surface area contributed by atoms with Crippen LogP contribution in [0, 0.1) is 34.5 Å². The van der Waals surface area contributed by atoms with Crippen molar-refractivity contribution < 1.29 is 19.4 Å². The molecule has 1 N–H and O–H groups in total. The topological polar surface area (TPSA) is 55.8 Å². The van der Waals surface area contributed by atoms with E-state index >= 15 is 0 Å². The second kappa shape index (κ2) is 8.86. The zero-order valence-corrected chi connectivity index (χ0v) is 21.2. The third-order valence-corrected chi connectivity index (χ3v) is 10.3. The molecule has 0 aliphatic heterocycles. The Balaban J connectivity index is 1.36. The highest BCUT2D eigenvalue weighted by Crippen LogP contribution is 2.66. The van der Waals surface area contributed by atoms with Crippen LogP contribution >= 0.6 is 0 Å².